The summed E-state index contributed by atoms with van der Waals surface area (Å²) in [5.74, 6) is 0.934. The molecule has 2 aromatic rings. The summed E-state index contributed by atoms with van der Waals surface area (Å²) < 4.78 is 0. The van der Waals surface area contributed by atoms with Crippen LogP contribution in [0.3, 0.4) is 0 Å². The Morgan fingerprint density at radius 3 is 2.68 bits per heavy atom. The number of hydrogen-bond donors (Lipinski definition) is 3. The SMILES string of the molecule is Nc1cc(=O)[nH]c(CCNC2CCN(CCc3ccccc3)CC2)n1. The zero-order valence-corrected chi connectivity index (χ0v) is 14.6. The van der Waals surface area contributed by atoms with Crippen LogP contribution in [-0.2, 0) is 12.8 Å². The van der Waals surface area contributed by atoms with E-state index in [1.54, 1.807) is 0 Å². The van der Waals surface area contributed by atoms with E-state index < -0.39 is 0 Å². The van der Waals surface area contributed by atoms with E-state index in [2.05, 4.69) is 50.5 Å². The maximum Gasteiger partial charge on any atom is 0.252 e. The molecule has 0 spiro atoms. The zero-order chi connectivity index (χ0) is 17.5. The smallest absolute Gasteiger partial charge is 0.252 e. The van der Waals surface area contributed by atoms with Gasteiger partial charge in [0.2, 0.25) is 0 Å². The van der Waals surface area contributed by atoms with Gasteiger partial charge in [0.05, 0.1) is 0 Å². The van der Waals surface area contributed by atoms with Crippen molar-refractivity contribution in [2.75, 3.05) is 31.9 Å². The van der Waals surface area contributed by atoms with Gasteiger partial charge in [0.15, 0.2) is 0 Å². The van der Waals surface area contributed by atoms with Crippen LogP contribution < -0.4 is 16.6 Å². The molecule has 0 radical (unpaired) electrons. The topological polar surface area (TPSA) is 87.0 Å². The fourth-order valence-electron chi connectivity index (χ4n) is 3.33. The number of aromatic nitrogens is 2. The summed E-state index contributed by atoms with van der Waals surface area (Å²) in [4.78, 5) is 20.8. The minimum absolute atomic E-state index is 0.186. The lowest BCUT2D eigenvalue weighted by molar-refractivity contribution is 0.200. The molecule has 2 heterocycles. The molecule has 1 aromatic heterocycles. The van der Waals surface area contributed by atoms with Gasteiger partial charge in [0.1, 0.15) is 11.6 Å². The van der Waals surface area contributed by atoms with Crippen LogP contribution in [0.4, 0.5) is 5.82 Å². The summed E-state index contributed by atoms with van der Waals surface area (Å²) in [5.41, 5.74) is 6.83. The Kier molecular flexibility index (Phi) is 6.19. The highest BCUT2D eigenvalue weighted by Crippen LogP contribution is 2.11. The van der Waals surface area contributed by atoms with Gasteiger partial charge in [-0.25, -0.2) is 4.98 Å². The number of nitrogen functional groups attached to an aromatic ring is 1. The third-order valence-corrected chi connectivity index (χ3v) is 4.75. The molecule has 1 fully saturated rings. The first-order chi connectivity index (χ1) is 12.2. The molecule has 0 atom stereocenters. The van der Waals surface area contributed by atoms with Crippen LogP contribution in [-0.4, -0.2) is 47.1 Å². The van der Waals surface area contributed by atoms with E-state index in [1.807, 2.05) is 0 Å². The van der Waals surface area contributed by atoms with Gasteiger partial charge >= 0.3 is 0 Å². The molecular formula is C19H27N5O. The van der Waals surface area contributed by atoms with E-state index in [4.69, 9.17) is 5.73 Å². The maximum atomic E-state index is 11.4. The Morgan fingerprint density at radius 1 is 1.20 bits per heavy atom. The van der Waals surface area contributed by atoms with Crippen LogP contribution in [0.15, 0.2) is 41.2 Å². The number of anilines is 1. The number of nitrogens with two attached hydrogens (primary N) is 1. The third-order valence-electron chi connectivity index (χ3n) is 4.75. The Bertz CT molecular complexity index is 707. The number of nitrogens with one attached hydrogen (secondary N) is 2. The molecule has 0 unspecified atom stereocenters. The number of likely N-dealkylation sites (tertiary alicyclic amines) is 1. The molecule has 0 amide bonds. The first-order valence-corrected chi connectivity index (χ1v) is 9.04. The van der Waals surface area contributed by atoms with Gasteiger partial charge in [-0.2, -0.15) is 0 Å². The van der Waals surface area contributed by atoms with Gasteiger partial charge in [0, 0.05) is 31.6 Å². The molecule has 134 valence electrons. The van der Waals surface area contributed by atoms with Crippen molar-refractivity contribution < 1.29 is 0 Å². The van der Waals surface area contributed by atoms with Gasteiger partial charge in [-0.3, -0.25) is 4.79 Å². The predicted molar refractivity (Wildman–Crippen MR) is 101 cm³/mol. The molecule has 0 aliphatic carbocycles. The Hall–Kier alpha value is -2.18. The molecule has 4 N–H and O–H groups in total. The predicted octanol–water partition coefficient (Wildman–Crippen LogP) is 1.19. The van der Waals surface area contributed by atoms with Crippen molar-refractivity contribution in [2.45, 2.75) is 31.7 Å². The highest BCUT2D eigenvalue weighted by Gasteiger charge is 2.18. The van der Waals surface area contributed by atoms with Gasteiger partial charge in [-0.15, -0.1) is 0 Å². The van der Waals surface area contributed by atoms with Crippen LogP contribution in [0, 0.1) is 0 Å². The van der Waals surface area contributed by atoms with E-state index in [9.17, 15) is 4.79 Å². The highest BCUT2D eigenvalue weighted by molar-refractivity contribution is 5.25. The third kappa shape index (κ3) is 5.69. The van der Waals surface area contributed by atoms with E-state index in [-0.39, 0.29) is 11.4 Å². The molecule has 25 heavy (non-hydrogen) atoms. The van der Waals surface area contributed by atoms with E-state index >= 15 is 0 Å². The van der Waals surface area contributed by atoms with E-state index in [0.29, 0.717) is 18.3 Å². The molecule has 6 heteroatoms. The van der Waals surface area contributed by atoms with Gasteiger partial charge in [0.25, 0.3) is 5.56 Å². The second kappa shape index (κ2) is 8.78. The lowest BCUT2D eigenvalue weighted by atomic mass is 10.0. The number of benzene rings is 1. The lowest BCUT2D eigenvalue weighted by Crippen LogP contribution is -2.43. The molecule has 3 rings (SSSR count). The van der Waals surface area contributed by atoms with Crippen molar-refractivity contribution in [3.63, 3.8) is 0 Å². The van der Waals surface area contributed by atoms with Gasteiger partial charge in [-0.1, -0.05) is 30.3 Å². The second-order valence-electron chi connectivity index (χ2n) is 6.67. The molecule has 1 aliphatic heterocycles. The van der Waals surface area contributed by atoms with Crippen LogP contribution in [0.1, 0.15) is 24.2 Å². The summed E-state index contributed by atoms with van der Waals surface area (Å²) in [6, 6.07) is 12.5. The molecule has 6 nitrogen and oxygen atoms in total. The van der Waals surface area contributed by atoms with Crippen LogP contribution in [0.5, 0.6) is 0 Å². The average molecular weight is 341 g/mol. The second-order valence-corrected chi connectivity index (χ2v) is 6.67. The van der Waals surface area contributed by atoms with Gasteiger partial charge in [-0.05, 0) is 37.9 Å². The summed E-state index contributed by atoms with van der Waals surface area (Å²) in [7, 11) is 0. The molecule has 1 aromatic carbocycles. The van der Waals surface area contributed by atoms with Crippen molar-refractivity contribution in [1.82, 2.24) is 20.2 Å². The first kappa shape index (κ1) is 17.6. The Balaban J connectivity index is 1.34. The summed E-state index contributed by atoms with van der Waals surface area (Å²) >= 11 is 0. The monoisotopic (exact) mass is 341 g/mol. The Labute approximate surface area is 148 Å². The molecular weight excluding hydrogens is 314 g/mol. The molecule has 1 saturated heterocycles. The van der Waals surface area contributed by atoms with Crippen molar-refractivity contribution in [3.8, 4) is 0 Å². The number of nitrogens with zero attached hydrogens (tertiary/aromatic N) is 2. The summed E-state index contributed by atoms with van der Waals surface area (Å²) in [5, 5.41) is 3.57. The van der Waals surface area contributed by atoms with E-state index in [0.717, 1.165) is 45.4 Å². The number of rotatable bonds is 7. The quantitative estimate of drug-likeness (QED) is 0.704. The summed E-state index contributed by atoms with van der Waals surface area (Å²) in [6.45, 7) is 4.21. The zero-order valence-electron chi connectivity index (χ0n) is 14.6. The fourth-order valence-corrected chi connectivity index (χ4v) is 3.33. The fraction of sp³-hybridized carbons (Fsp3) is 0.474. The first-order valence-electron chi connectivity index (χ1n) is 9.04. The summed E-state index contributed by atoms with van der Waals surface area (Å²) in [6.07, 6.45) is 4.13. The molecule has 1 aliphatic rings. The van der Waals surface area contributed by atoms with Gasteiger partial charge < -0.3 is 20.9 Å². The van der Waals surface area contributed by atoms with Crippen LogP contribution in [0.2, 0.25) is 0 Å². The van der Waals surface area contributed by atoms with Crippen molar-refractivity contribution in [3.05, 3.63) is 58.1 Å². The number of hydrogen-bond acceptors (Lipinski definition) is 5. The minimum Gasteiger partial charge on any atom is -0.383 e. The lowest BCUT2D eigenvalue weighted by Gasteiger charge is -2.32. The van der Waals surface area contributed by atoms with Crippen molar-refractivity contribution >= 4 is 5.82 Å². The van der Waals surface area contributed by atoms with Crippen molar-refractivity contribution in [2.24, 2.45) is 0 Å². The average Bonchev–Trinajstić information content (AvgIpc) is 2.61. The standard InChI is InChI=1S/C19H27N5O/c20-17-14-19(25)23-18(22-17)6-10-21-16-8-12-24(13-9-16)11-7-15-4-2-1-3-5-15/h1-5,14,16,21H,6-13H2,(H3,20,22,23,25). The number of H-pyrrole nitrogens is 1. The van der Waals surface area contributed by atoms with E-state index in [1.165, 1.54) is 11.6 Å². The molecule has 0 bridgehead atoms. The van der Waals surface area contributed by atoms with Crippen LogP contribution in [0.25, 0.3) is 0 Å². The maximum absolute atomic E-state index is 11.4. The Morgan fingerprint density at radius 2 is 1.96 bits per heavy atom. The molecule has 0 saturated carbocycles. The van der Waals surface area contributed by atoms with Crippen molar-refractivity contribution in [1.29, 1.82) is 0 Å². The number of aromatic amines is 1. The largest absolute Gasteiger partial charge is 0.383 e. The number of piperidine rings is 1. The van der Waals surface area contributed by atoms with Crippen LogP contribution >= 0.6 is 0 Å². The highest BCUT2D eigenvalue weighted by atomic mass is 16.1. The normalized spacial score (nSPS) is 16.2. The minimum atomic E-state index is -0.186.